The zero-order chi connectivity index (χ0) is 14.2. The Hall–Kier alpha value is -2.04. The second-order valence-electron chi connectivity index (χ2n) is 5.58. The summed E-state index contributed by atoms with van der Waals surface area (Å²) in [4.78, 5) is 25.0. The molecule has 0 saturated carbocycles. The number of carbonyl (C=O) groups excluding carboxylic acids is 1. The molecular weight excluding hydrogens is 246 g/mol. The fraction of sp³-hybridized carbons (Fsp3) is 0.429. The standard InChI is InChI=1S/C14H17NO4/c1-14(2,3)13(18)15-8-11(12(16)17)19-10-7-5-4-6-9(10)15/h4-7,11H,8H2,1-3H3,(H,16,17). The van der Waals surface area contributed by atoms with Gasteiger partial charge in [0.15, 0.2) is 0 Å². The smallest absolute Gasteiger partial charge is 0.346 e. The minimum Gasteiger partial charge on any atom is -0.478 e. The van der Waals surface area contributed by atoms with E-state index in [9.17, 15) is 9.59 Å². The number of para-hydroxylation sites is 2. The SMILES string of the molecule is CC(C)(C)C(=O)N1CC(C(=O)O)Oc2ccccc21. The molecule has 1 heterocycles. The molecule has 5 nitrogen and oxygen atoms in total. The van der Waals surface area contributed by atoms with Crippen molar-refractivity contribution in [1.29, 1.82) is 0 Å². The molecular formula is C14H17NO4. The van der Waals surface area contributed by atoms with Gasteiger partial charge in [0.25, 0.3) is 0 Å². The summed E-state index contributed by atoms with van der Waals surface area (Å²) in [6, 6.07) is 6.99. The average molecular weight is 263 g/mol. The number of benzene rings is 1. The molecule has 1 N–H and O–H groups in total. The van der Waals surface area contributed by atoms with Crippen LogP contribution in [0.4, 0.5) is 5.69 Å². The van der Waals surface area contributed by atoms with Crippen molar-refractivity contribution in [3.8, 4) is 5.75 Å². The van der Waals surface area contributed by atoms with E-state index < -0.39 is 17.5 Å². The van der Waals surface area contributed by atoms with Crippen molar-refractivity contribution in [3.05, 3.63) is 24.3 Å². The monoisotopic (exact) mass is 263 g/mol. The van der Waals surface area contributed by atoms with Crippen molar-refractivity contribution in [1.82, 2.24) is 0 Å². The molecule has 1 aromatic rings. The van der Waals surface area contributed by atoms with Crippen molar-refractivity contribution in [2.75, 3.05) is 11.4 Å². The van der Waals surface area contributed by atoms with Gasteiger partial charge >= 0.3 is 5.97 Å². The first-order valence-electron chi connectivity index (χ1n) is 6.11. The maximum atomic E-state index is 12.4. The fourth-order valence-corrected chi connectivity index (χ4v) is 1.96. The predicted molar refractivity (Wildman–Crippen MR) is 70.3 cm³/mol. The number of anilines is 1. The van der Waals surface area contributed by atoms with Crippen LogP contribution in [0.3, 0.4) is 0 Å². The first-order valence-corrected chi connectivity index (χ1v) is 6.11. The minimum atomic E-state index is -1.07. The van der Waals surface area contributed by atoms with Gasteiger partial charge in [-0.1, -0.05) is 32.9 Å². The van der Waals surface area contributed by atoms with E-state index in [2.05, 4.69) is 0 Å². The van der Waals surface area contributed by atoms with Crippen LogP contribution in [0.15, 0.2) is 24.3 Å². The Labute approximate surface area is 111 Å². The molecule has 1 unspecified atom stereocenters. The Kier molecular flexibility index (Phi) is 3.22. The Morgan fingerprint density at radius 1 is 1.32 bits per heavy atom. The minimum absolute atomic E-state index is 0.0302. The molecule has 1 aromatic carbocycles. The van der Waals surface area contributed by atoms with Crippen molar-refractivity contribution < 1.29 is 19.4 Å². The van der Waals surface area contributed by atoms with Gasteiger partial charge in [-0.15, -0.1) is 0 Å². The number of carbonyl (C=O) groups is 2. The number of ether oxygens (including phenoxy) is 1. The van der Waals surface area contributed by atoms with Gasteiger partial charge < -0.3 is 14.7 Å². The molecule has 0 fully saturated rings. The summed E-state index contributed by atoms with van der Waals surface area (Å²) in [5.41, 5.74) is 0.0490. The summed E-state index contributed by atoms with van der Waals surface area (Å²) in [5, 5.41) is 9.10. The van der Waals surface area contributed by atoms with E-state index in [4.69, 9.17) is 9.84 Å². The average Bonchev–Trinajstić information content (AvgIpc) is 2.35. The number of hydrogen-bond donors (Lipinski definition) is 1. The first-order chi connectivity index (χ1) is 8.80. The van der Waals surface area contributed by atoms with Crippen molar-refractivity contribution >= 4 is 17.6 Å². The summed E-state index contributed by atoms with van der Waals surface area (Å²) in [7, 11) is 0. The van der Waals surface area contributed by atoms with Gasteiger partial charge in [0, 0.05) is 5.41 Å². The molecule has 1 amide bonds. The van der Waals surface area contributed by atoms with Crippen molar-refractivity contribution in [2.24, 2.45) is 5.41 Å². The summed E-state index contributed by atoms with van der Waals surface area (Å²) >= 11 is 0. The Bertz CT molecular complexity index is 518. The summed E-state index contributed by atoms with van der Waals surface area (Å²) in [6.07, 6.45) is -1.03. The molecule has 5 heteroatoms. The molecule has 1 aliphatic rings. The van der Waals surface area contributed by atoms with E-state index in [-0.39, 0.29) is 12.5 Å². The van der Waals surface area contributed by atoms with Crippen LogP contribution < -0.4 is 9.64 Å². The number of carboxylic acids is 1. The number of amides is 1. The highest BCUT2D eigenvalue weighted by Gasteiger charge is 2.37. The van der Waals surface area contributed by atoms with Crippen molar-refractivity contribution in [3.63, 3.8) is 0 Å². The van der Waals surface area contributed by atoms with Crippen LogP contribution >= 0.6 is 0 Å². The van der Waals surface area contributed by atoms with Gasteiger partial charge in [-0.25, -0.2) is 4.79 Å². The molecule has 19 heavy (non-hydrogen) atoms. The van der Waals surface area contributed by atoms with Crippen LogP contribution in [-0.2, 0) is 9.59 Å². The van der Waals surface area contributed by atoms with Gasteiger partial charge in [0.2, 0.25) is 12.0 Å². The predicted octanol–water partition coefficient (Wildman–Crippen LogP) is 1.91. The quantitative estimate of drug-likeness (QED) is 0.840. The van der Waals surface area contributed by atoms with Crippen LogP contribution in [0.1, 0.15) is 20.8 Å². The topological polar surface area (TPSA) is 66.8 Å². The van der Waals surface area contributed by atoms with E-state index in [1.807, 2.05) is 20.8 Å². The highest BCUT2D eigenvalue weighted by atomic mass is 16.5. The number of rotatable bonds is 1. The van der Waals surface area contributed by atoms with Crippen LogP contribution in [0.2, 0.25) is 0 Å². The third-order valence-corrected chi connectivity index (χ3v) is 2.94. The van der Waals surface area contributed by atoms with Crippen LogP contribution in [0.5, 0.6) is 5.75 Å². The molecule has 1 aliphatic heterocycles. The lowest BCUT2D eigenvalue weighted by molar-refractivity contribution is -0.145. The molecule has 0 saturated heterocycles. The molecule has 0 radical (unpaired) electrons. The third-order valence-electron chi connectivity index (χ3n) is 2.94. The second-order valence-corrected chi connectivity index (χ2v) is 5.58. The van der Waals surface area contributed by atoms with E-state index in [0.29, 0.717) is 11.4 Å². The maximum Gasteiger partial charge on any atom is 0.346 e. The number of fused-ring (bicyclic) bond motifs is 1. The molecule has 0 spiro atoms. The first kappa shape index (κ1) is 13.4. The molecule has 2 rings (SSSR count). The molecule has 0 aromatic heterocycles. The van der Waals surface area contributed by atoms with Gasteiger partial charge in [-0.3, -0.25) is 4.79 Å². The summed E-state index contributed by atoms with van der Waals surface area (Å²) < 4.78 is 5.39. The zero-order valence-electron chi connectivity index (χ0n) is 11.2. The van der Waals surface area contributed by atoms with Crippen molar-refractivity contribution in [2.45, 2.75) is 26.9 Å². The molecule has 1 atom stereocenters. The maximum absolute atomic E-state index is 12.4. The molecule has 102 valence electrons. The Balaban J connectivity index is 2.42. The van der Waals surface area contributed by atoms with Gasteiger partial charge in [0.05, 0.1) is 12.2 Å². The van der Waals surface area contributed by atoms with Gasteiger partial charge in [-0.2, -0.15) is 0 Å². The Morgan fingerprint density at radius 3 is 2.53 bits per heavy atom. The summed E-state index contributed by atoms with van der Waals surface area (Å²) in [5.74, 6) is -0.755. The molecule has 0 aliphatic carbocycles. The van der Waals surface area contributed by atoms with Gasteiger partial charge in [0.1, 0.15) is 5.75 Å². The lowest BCUT2D eigenvalue weighted by atomic mass is 9.94. The normalized spacial score (nSPS) is 18.5. The number of nitrogens with zero attached hydrogens (tertiary/aromatic N) is 1. The fourth-order valence-electron chi connectivity index (χ4n) is 1.96. The zero-order valence-corrected chi connectivity index (χ0v) is 11.2. The van der Waals surface area contributed by atoms with E-state index in [1.165, 1.54) is 4.90 Å². The van der Waals surface area contributed by atoms with E-state index in [1.54, 1.807) is 24.3 Å². The van der Waals surface area contributed by atoms with E-state index >= 15 is 0 Å². The summed E-state index contributed by atoms with van der Waals surface area (Å²) in [6.45, 7) is 5.46. The highest BCUT2D eigenvalue weighted by Crippen LogP contribution is 2.35. The van der Waals surface area contributed by atoms with Crippen LogP contribution in [-0.4, -0.2) is 29.6 Å². The largest absolute Gasteiger partial charge is 0.478 e. The van der Waals surface area contributed by atoms with Crippen LogP contribution in [0.25, 0.3) is 0 Å². The van der Waals surface area contributed by atoms with Crippen LogP contribution in [0, 0.1) is 5.41 Å². The highest BCUT2D eigenvalue weighted by molar-refractivity contribution is 5.99. The number of hydrogen-bond acceptors (Lipinski definition) is 3. The lowest BCUT2D eigenvalue weighted by Crippen LogP contribution is -2.50. The third kappa shape index (κ3) is 2.54. The lowest BCUT2D eigenvalue weighted by Gasteiger charge is -2.36. The molecule has 0 bridgehead atoms. The number of aliphatic carboxylic acids is 1. The number of carboxylic acid groups (broad SMARTS) is 1. The second kappa shape index (κ2) is 4.57. The van der Waals surface area contributed by atoms with E-state index in [0.717, 1.165) is 0 Å². The Morgan fingerprint density at radius 2 is 1.95 bits per heavy atom. The van der Waals surface area contributed by atoms with Gasteiger partial charge in [-0.05, 0) is 12.1 Å².